The van der Waals surface area contributed by atoms with Gasteiger partial charge in [-0.3, -0.25) is 4.79 Å². The Morgan fingerprint density at radius 1 is 1.03 bits per heavy atom. The number of ether oxygens (including phenoxy) is 2. The average Bonchev–Trinajstić information content (AvgIpc) is 2.87. The van der Waals surface area contributed by atoms with Crippen molar-refractivity contribution < 1.29 is 19.1 Å². The zero-order chi connectivity index (χ0) is 22.9. The molecule has 1 aliphatic rings. The molecule has 6 nitrogen and oxygen atoms in total. The minimum absolute atomic E-state index is 0.00447. The van der Waals surface area contributed by atoms with Gasteiger partial charge in [0.05, 0.1) is 5.71 Å². The third-order valence-electron chi connectivity index (χ3n) is 5.82. The van der Waals surface area contributed by atoms with Gasteiger partial charge in [-0.15, -0.1) is 0 Å². The number of fused-ring (bicyclic) bond motifs is 1. The normalized spacial score (nSPS) is 14.8. The smallest absolute Gasteiger partial charge is 0.257 e. The lowest BCUT2D eigenvalue weighted by molar-refractivity contribution is -0.123. The van der Waals surface area contributed by atoms with Crippen molar-refractivity contribution in [2.24, 2.45) is 11.1 Å². The topological polar surface area (TPSA) is 69.2 Å². The van der Waals surface area contributed by atoms with Crippen LogP contribution in [0.3, 0.4) is 0 Å². The number of oxime groups is 1. The van der Waals surface area contributed by atoms with Crippen molar-refractivity contribution in [2.45, 2.75) is 26.4 Å². The van der Waals surface area contributed by atoms with Crippen LogP contribution in [0, 0.1) is 5.92 Å². The number of carbonyl (C=O) groups excluding carboxylic acids is 1. The maximum Gasteiger partial charge on any atom is 0.257 e. The summed E-state index contributed by atoms with van der Waals surface area (Å²) in [5, 5.41) is 9.58. The second-order valence-electron chi connectivity index (χ2n) is 8.30. The van der Waals surface area contributed by atoms with Gasteiger partial charge in [0.25, 0.3) is 5.91 Å². The van der Waals surface area contributed by atoms with Gasteiger partial charge in [0.1, 0.15) is 12.4 Å². The first-order valence-electron chi connectivity index (χ1n) is 11.4. The van der Waals surface area contributed by atoms with E-state index in [1.54, 1.807) is 0 Å². The van der Waals surface area contributed by atoms with Gasteiger partial charge in [0, 0.05) is 19.8 Å². The molecule has 0 aliphatic carbocycles. The van der Waals surface area contributed by atoms with Gasteiger partial charge in [0.2, 0.25) is 0 Å². The lowest BCUT2D eigenvalue weighted by Crippen LogP contribution is -2.35. The molecule has 0 saturated carbocycles. The number of benzene rings is 3. The SMILES string of the molecule is C/C(=N\OCc1ccc2ccccc2c1)c1ccc(OCC(=O)NCC2CCOCC2)cc1. The molecule has 0 bridgehead atoms. The number of carbonyl (C=O) groups is 1. The molecule has 0 atom stereocenters. The first kappa shape index (κ1) is 22.8. The van der Waals surface area contributed by atoms with E-state index in [9.17, 15) is 4.79 Å². The Kier molecular flexibility index (Phi) is 7.93. The third kappa shape index (κ3) is 6.80. The van der Waals surface area contributed by atoms with Crippen molar-refractivity contribution in [2.75, 3.05) is 26.4 Å². The summed E-state index contributed by atoms with van der Waals surface area (Å²) in [6.07, 6.45) is 1.99. The molecule has 3 aromatic rings. The van der Waals surface area contributed by atoms with Crippen LogP contribution >= 0.6 is 0 Å². The Labute approximate surface area is 194 Å². The predicted molar refractivity (Wildman–Crippen MR) is 129 cm³/mol. The number of nitrogens with one attached hydrogen (secondary N) is 1. The minimum Gasteiger partial charge on any atom is -0.484 e. The van der Waals surface area contributed by atoms with E-state index in [1.165, 1.54) is 10.8 Å². The van der Waals surface area contributed by atoms with Gasteiger partial charge in [-0.25, -0.2) is 0 Å². The molecule has 1 N–H and O–H groups in total. The number of rotatable bonds is 9. The average molecular weight is 447 g/mol. The van der Waals surface area contributed by atoms with Crippen molar-refractivity contribution >= 4 is 22.4 Å². The monoisotopic (exact) mass is 446 g/mol. The van der Waals surface area contributed by atoms with E-state index < -0.39 is 0 Å². The first-order valence-corrected chi connectivity index (χ1v) is 11.4. The zero-order valence-electron chi connectivity index (χ0n) is 19.0. The molecular weight excluding hydrogens is 416 g/mol. The lowest BCUT2D eigenvalue weighted by atomic mass is 10.0. The highest BCUT2D eigenvalue weighted by Gasteiger charge is 2.14. The van der Waals surface area contributed by atoms with Crippen LogP contribution in [0.4, 0.5) is 0 Å². The molecule has 6 heteroatoms. The van der Waals surface area contributed by atoms with Crippen molar-refractivity contribution in [3.8, 4) is 5.75 Å². The summed E-state index contributed by atoms with van der Waals surface area (Å²) in [6.45, 7) is 4.55. The van der Waals surface area contributed by atoms with E-state index in [0.717, 1.165) is 42.9 Å². The number of hydrogen-bond acceptors (Lipinski definition) is 5. The highest BCUT2D eigenvalue weighted by molar-refractivity contribution is 5.98. The van der Waals surface area contributed by atoms with E-state index >= 15 is 0 Å². The number of nitrogens with zero attached hydrogens (tertiary/aromatic N) is 1. The largest absolute Gasteiger partial charge is 0.484 e. The third-order valence-corrected chi connectivity index (χ3v) is 5.82. The molecule has 1 heterocycles. The summed E-state index contributed by atoms with van der Waals surface area (Å²) >= 11 is 0. The molecule has 1 aliphatic heterocycles. The summed E-state index contributed by atoms with van der Waals surface area (Å²) in [7, 11) is 0. The molecule has 0 unspecified atom stereocenters. The van der Waals surface area contributed by atoms with E-state index in [0.29, 0.717) is 24.8 Å². The van der Waals surface area contributed by atoms with E-state index in [2.05, 4.69) is 40.8 Å². The fourth-order valence-electron chi connectivity index (χ4n) is 3.79. The highest BCUT2D eigenvalue weighted by atomic mass is 16.6. The van der Waals surface area contributed by atoms with Gasteiger partial charge in [0.15, 0.2) is 6.61 Å². The second kappa shape index (κ2) is 11.5. The van der Waals surface area contributed by atoms with Gasteiger partial charge in [-0.2, -0.15) is 0 Å². The van der Waals surface area contributed by atoms with Gasteiger partial charge >= 0.3 is 0 Å². The van der Waals surface area contributed by atoms with Crippen LogP contribution in [-0.4, -0.2) is 38.0 Å². The van der Waals surface area contributed by atoms with E-state index in [4.69, 9.17) is 14.3 Å². The summed E-state index contributed by atoms with van der Waals surface area (Å²) in [4.78, 5) is 17.6. The molecular formula is C27H30N2O4. The molecule has 1 amide bonds. The van der Waals surface area contributed by atoms with Crippen LogP contribution in [0.25, 0.3) is 10.8 Å². The van der Waals surface area contributed by atoms with Crippen LogP contribution in [0.2, 0.25) is 0 Å². The lowest BCUT2D eigenvalue weighted by Gasteiger charge is -2.22. The molecule has 0 spiro atoms. The Bertz CT molecular complexity index is 1090. The fraction of sp³-hybridized carbons (Fsp3) is 0.333. The standard InChI is InChI=1S/C27H30N2O4/c1-20(29-33-18-22-6-7-24-4-2-3-5-25(24)16-22)23-8-10-26(11-9-23)32-19-27(30)28-17-21-12-14-31-15-13-21/h2-11,16,21H,12-15,17-19H2,1H3,(H,28,30)/b29-20+. The minimum atomic E-state index is -0.106. The van der Waals surface area contributed by atoms with E-state index in [-0.39, 0.29) is 12.5 Å². The summed E-state index contributed by atoms with van der Waals surface area (Å²) in [5.41, 5.74) is 2.78. The summed E-state index contributed by atoms with van der Waals surface area (Å²) < 4.78 is 10.9. The highest BCUT2D eigenvalue weighted by Crippen LogP contribution is 2.17. The summed E-state index contributed by atoms with van der Waals surface area (Å²) in [6, 6.07) is 22.0. The number of amides is 1. The molecule has 1 saturated heterocycles. The van der Waals surface area contributed by atoms with Crippen molar-refractivity contribution in [3.63, 3.8) is 0 Å². The van der Waals surface area contributed by atoms with Gasteiger partial charge < -0.3 is 19.6 Å². The van der Waals surface area contributed by atoms with Gasteiger partial charge in [-0.05, 0) is 77.9 Å². The fourth-order valence-corrected chi connectivity index (χ4v) is 3.79. The van der Waals surface area contributed by atoms with Crippen molar-refractivity contribution in [1.82, 2.24) is 5.32 Å². The molecule has 172 valence electrons. The van der Waals surface area contributed by atoms with E-state index in [1.807, 2.05) is 43.3 Å². The van der Waals surface area contributed by atoms with Crippen LogP contribution < -0.4 is 10.1 Å². The Morgan fingerprint density at radius 2 is 1.79 bits per heavy atom. The maximum absolute atomic E-state index is 12.0. The Hall–Kier alpha value is -3.38. The molecule has 0 radical (unpaired) electrons. The van der Waals surface area contributed by atoms with Crippen LogP contribution in [-0.2, 0) is 21.0 Å². The molecule has 0 aromatic heterocycles. The molecule has 33 heavy (non-hydrogen) atoms. The molecule has 1 fully saturated rings. The first-order chi connectivity index (χ1) is 16.2. The number of hydrogen-bond donors (Lipinski definition) is 1. The Balaban J connectivity index is 1.21. The van der Waals surface area contributed by atoms with Crippen LogP contribution in [0.1, 0.15) is 30.9 Å². The zero-order valence-corrected chi connectivity index (χ0v) is 19.0. The quantitative estimate of drug-likeness (QED) is 0.382. The predicted octanol–water partition coefficient (Wildman–Crippen LogP) is 4.70. The second-order valence-corrected chi connectivity index (χ2v) is 8.30. The van der Waals surface area contributed by atoms with Crippen molar-refractivity contribution in [3.05, 3.63) is 77.9 Å². The maximum atomic E-state index is 12.0. The van der Waals surface area contributed by atoms with Crippen LogP contribution in [0.5, 0.6) is 5.75 Å². The Morgan fingerprint density at radius 3 is 2.58 bits per heavy atom. The van der Waals surface area contributed by atoms with Crippen LogP contribution in [0.15, 0.2) is 71.9 Å². The summed E-state index contributed by atoms with van der Waals surface area (Å²) in [5.74, 6) is 1.03. The molecule has 4 rings (SSSR count). The molecule has 3 aromatic carbocycles. The van der Waals surface area contributed by atoms with Crippen molar-refractivity contribution in [1.29, 1.82) is 0 Å². The van der Waals surface area contributed by atoms with Gasteiger partial charge in [-0.1, -0.05) is 41.6 Å².